The highest BCUT2D eigenvalue weighted by molar-refractivity contribution is 9.10. The predicted molar refractivity (Wildman–Crippen MR) is 88.4 cm³/mol. The van der Waals surface area contributed by atoms with E-state index in [2.05, 4.69) is 45.4 Å². The van der Waals surface area contributed by atoms with Gasteiger partial charge in [-0.15, -0.1) is 0 Å². The highest BCUT2D eigenvalue weighted by atomic mass is 79.9. The Labute approximate surface area is 134 Å². The summed E-state index contributed by atoms with van der Waals surface area (Å²) in [5.41, 5.74) is 3.32. The molecule has 0 aliphatic rings. The number of aryl methyl sites for hydroxylation is 2. The van der Waals surface area contributed by atoms with Crippen molar-refractivity contribution in [3.05, 3.63) is 45.7 Å². The maximum atomic E-state index is 5.87. The Hall–Kier alpha value is -1.33. The number of rotatable bonds is 7. The molecule has 21 heavy (non-hydrogen) atoms. The molecule has 4 nitrogen and oxygen atoms in total. The molecule has 1 heterocycles. The average molecular weight is 352 g/mol. The number of aromatic nitrogens is 2. The minimum Gasteiger partial charge on any atom is -0.486 e. The molecular weight excluding hydrogens is 330 g/mol. The summed E-state index contributed by atoms with van der Waals surface area (Å²) in [7, 11) is 1.93. The van der Waals surface area contributed by atoms with E-state index in [0.29, 0.717) is 6.61 Å². The Bertz CT molecular complexity index is 595. The van der Waals surface area contributed by atoms with E-state index in [4.69, 9.17) is 4.74 Å². The minimum absolute atomic E-state index is 0.517. The summed E-state index contributed by atoms with van der Waals surface area (Å²) in [6.07, 6.45) is 1.15. The van der Waals surface area contributed by atoms with Gasteiger partial charge in [-0.1, -0.05) is 13.0 Å². The summed E-state index contributed by atoms with van der Waals surface area (Å²) in [5.74, 6) is 0.855. The van der Waals surface area contributed by atoms with Crippen molar-refractivity contribution in [2.75, 3.05) is 6.54 Å². The van der Waals surface area contributed by atoms with Crippen LogP contribution in [0.3, 0.4) is 0 Å². The molecular formula is C16H22BrN3O. The van der Waals surface area contributed by atoms with Gasteiger partial charge in [-0.2, -0.15) is 5.10 Å². The number of hydrogen-bond acceptors (Lipinski definition) is 3. The molecule has 0 aliphatic heterocycles. The second kappa shape index (κ2) is 7.61. The van der Waals surface area contributed by atoms with Crippen molar-refractivity contribution in [1.82, 2.24) is 15.1 Å². The highest BCUT2D eigenvalue weighted by Crippen LogP contribution is 2.26. The fourth-order valence-corrected chi connectivity index (χ4v) is 2.67. The zero-order valence-electron chi connectivity index (χ0n) is 12.8. The van der Waals surface area contributed by atoms with E-state index >= 15 is 0 Å². The molecule has 2 rings (SSSR count). The molecule has 1 aromatic heterocycles. The molecule has 1 N–H and O–H groups in total. The fraction of sp³-hybridized carbons (Fsp3) is 0.438. The molecule has 0 amide bonds. The van der Waals surface area contributed by atoms with Gasteiger partial charge in [-0.05, 0) is 59.6 Å². The third kappa shape index (κ3) is 4.58. The van der Waals surface area contributed by atoms with Crippen LogP contribution in [-0.4, -0.2) is 16.3 Å². The van der Waals surface area contributed by atoms with Gasteiger partial charge in [-0.3, -0.25) is 4.68 Å². The topological polar surface area (TPSA) is 39.1 Å². The average Bonchev–Trinajstić information content (AvgIpc) is 2.76. The maximum Gasteiger partial charge on any atom is 0.134 e. The first-order valence-electron chi connectivity index (χ1n) is 7.21. The van der Waals surface area contributed by atoms with Crippen LogP contribution >= 0.6 is 15.9 Å². The first-order valence-corrected chi connectivity index (χ1v) is 8.01. The predicted octanol–water partition coefficient (Wildman–Crippen LogP) is 3.57. The largest absolute Gasteiger partial charge is 0.486 e. The highest BCUT2D eigenvalue weighted by Gasteiger charge is 2.06. The Morgan fingerprint density at radius 1 is 1.33 bits per heavy atom. The lowest BCUT2D eigenvalue weighted by Gasteiger charge is -2.10. The summed E-state index contributed by atoms with van der Waals surface area (Å²) in [5, 5.41) is 7.71. The van der Waals surface area contributed by atoms with Gasteiger partial charge in [0, 0.05) is 13.6 Å². The van der Waals surface area contributed by atoms with Crippen LogP contribution in [0.2, 0.25) is 0 Å². The van der Waals surface area contributed by atoms with Gasteiger partial charge in [-0.25, -0.2) is 0 Å². The van der Waals surface area contributed by atoms with Crippen molar-refractivity contribution < 1.29 is 4.74 Å². The zero-order chi connectivity index (χ0) is 15.2. The normalized spacial score (nSPS) is 10.9. The fourth-order valence-electron chi connectivity index (χ4n) is 2.13. The molecule has 0 fully saturated rings. The lowest BCUT2D eigenvalue weighted by molar-refractivity contribution is 0.293. The van der Waals surface area contributed by atoms with Crippen LogP contribution in [0.25, 0.3) is 0 Å². The molecule has 0 atom stereocenters. The van der Waals surface area contributed by atoms with Gasteiger partial charge in [0.2, 0.25) is 0 Å². The van der Waals surface area contributed by atoms with Gasteiger partial charge in [0.25, 0.3) is 0 Å². The molecule has 0 saturated carbocycles. The molecule has 5 heteroatoms. The first kappa shape index (κ1) is 16.0. The van der Waals surface area contributed by atoms with Gasteiger partial charge in [0.05, 0.1) is 15.9 Å². The number of nitrogens with one attached hydrogen (secondary N) is 1. The van der Waals surface area contributed by atoms with Crippen LogP contribution in [0, 0.1) is 6.92 Å². The van der Waals surface area contributed by atoms with Gasteiger partial charge < -0.3 is 10.1 Å². The number of nitrogens with zero attached hydrogens (tertiary/aromatic N) is 2. The van der Waals surface area contributed by atoms with E-state index in [1.807, 2.05) is 30.8 Å². The molecule has 0 bridgehead atoms. The van der Waals surface area contributed by atoms with Crippen molar-refractivity contribution in [2.24, 2.45) is 7.05 Å². The van der Waals surface area contributed by atoms with Crippen molar-refractivity contribution in [2.45, 2.75) is 33.4 Å². The Balaban J connectivity index is 1.96. The summed E-state index contributed by atoms with van der Waals surface area (Å²) in [4.78, 5) is 0. The van der Waals surface area contributed by atoms with Crippen molar-refractivity contribution in [3.63, 3.8) is 0 Å². The summed E-state index contributed by atoms with van der Waals surface area (Å²) in [6, 6.07) is 8.25. The van der Waals surface area contributed by atoms with Crippen molar-refractivity contribution in [1.29, 1.82) is 0 Å². The standard InChI is InChI=1S/C16H22BrN3O/c1-4-7-18-10-13-5-6-16(15(17)9-13)21-11-14-8-12(2)19-20(14)3/h5-6,8-9,18H,4,7,10-11H2,1-3H3. The Kier molecular flexibility index (Phi) is 5.82. The minimum atomic E-state index is 0.517. The maximum absolute atomic E-state index is 5.87. The zero-order valence-corrected chi connectivity index (χ0v) is 14.4. The van der Waals surface area contributed by atoms with Gasteiger partial charge in [0.1, 0.15) is 12.4 Å². The van der Waals surface area contributed by atoms with E-state index in [0.717, 1.165) is 41.1 Å². The van der Waals surface area contributed by atoms with Crippen LogP contribution in [0.1, 0.15) is 30.3 Å². The number of ether oxygens (including phenoxy) is 1. The molecule has 0 unspecified atom stereocenters. The third-order valence-electron chi connectivity index (χ3n) is 3.23. The van der Waals surface area contributed by atoms with E-state index in [1.165, 1.54) is 5.56 Å². The monoisotopic (exact) mass is 351 g/mol. The molecule has 0 radical (unpaired) electrons. The second-order valence-corrected chi connectivity index (χ2v) is 5.99. The van der Waals surface area contributed by atoms with Crippen LogP contribution in [0.5, 0.6) is 5.75 Å². The number of hydrogen-bond donors (Lipinski definition) is 1. The molecule has 0 saturated heterocycles. The van der Waals surface area contributed by atoms with E-state index < -0.39 is 0 Å². The molecule has 0 spiro atoms. The first-order chi connectivity index (χ1) is 10.1. The van der Waals surface area contributed by atoms with Gasteiger partial charge >= 0.3 is 0 Å². The van der Waals surface area contributed by atoms with Crippen molar-refractivity contribution >= 4 is 15.9 Å². The number of halogens is 1. The Morgan fingerprint density at radius 3 is 2.76 bits per heavy atom. The quantitative estimate of drug-likeness (QED) is 0.775. The van der Waals surface area contributed by atoms with E-state index in [1.54, 1.807) is 0 Å². The van der Waals surface area contributed by atoms with E-state index in [9.17, 15) is 0 Å². The summed E-state index contributed by atoms with van der Waals surface area (Å²) < 4.78 is 8.71. The lowest BCUT2D eigenvalue weighted by Crippen LogP contribution is -2.13. The number of benzene rings is 1. The van der Waals surface area contributed by atoms with Crippen LogP contribution in [0.15, 0.2) is 28.7 Å². The lowest BCUT2D eigenvalue weighted by atomic mass is 10.2. The van der Waals surface area contributed by atoms with Crippen LogP contribution < -0.4 is 10.1 Å². The molecule has 2 aromatic rings. The molecule has 0 aliphatic carbocycles. The van der Waals surface area contributed by atoms with E-state index in [-0.39, 0.29) is 0 Å². The van der Waals surface area contributed by atoms with Gasteiger partial charge in [0.15, 0.2) is 0 Å². The smallest absolute Gasteiger partial charge is 0.134 e. The molecule has 1 aromatic carbocycles. The van der Waals surface area contributed by atoms with Crippen molar-refractivity contribution in [3.8, 4) is 5.75 Å². The summed E-state index contributed by atoms with van der Waals surface area (Å²) >= 11 is 3.58. The second-order valence-electron chi connectivity index (χ2n) is 5.13. The van der Waals surface area contributed by atoms with Crippen LogP contribution in [-0.2, 0) is 20.2 Å². The molecule has 114 valence electrons. The summed E-state index contributed by atoms with van der Waals surface area (Å²) in [6.45, 7) is 6.59. The van der Waals surface area contributed by atoms with Crippen LogP contribution in [0.4, 0.5) is 0 Å². The third-order valence-corrected chi connectivity index (χ3v) is 3.85. The SMILES string of the molecule is CCCNCc1ccc(OCc2cc(C)nn2C)c(Br)c1. The Morgan fingerprint density at radius 2 is 2.14 bits per heavy atom.